The molecule has 0 amide bonds. The smallest absolute Gasteiger partial charge is 0.132 e. The van der Waals surface area contributed by atoms with Gasteiger partial charge in [0.15, 0.2) is 0 Å². The fraction of sp³-hybridized carbons (Fsp3) is 0.350. The lowest BCUT2D eigenvalue weighted by atomic mass is 10.0. The van der Waals surface area contributed by atoms with Crippen LogP contribution in [-0.4, -0.2) is 46.3 Å². The highest BCUT2D eigenvalue weighted by atomic mass is 16.5. The number of benzene rings is 1. The Morgan fingerprint density at radius 3 is 2.67 bits per heavy atom. The third-order valence-corrected chi connectivity index (χ3v) is 4.79. The minimum absolute atomic E-state index is 0.244. The van der Waals surface area contributed by atoms with Crippen molar-refractivity contribution in [2.75, 3.05) is 36.9 Å². The number of ether oxygens (including phenoxy) is 1. The number of morpholine rings is 1. The lowest BCUT2D eigenvalue weighted by Crippen LogP contribution is -2.36. The molecule has 140 valence electrons. The van der Waals surface area contributed by atoms with E-state index >= 15 is 0 Å². The number of nitrogens with zero attached hydrogens (tertiary/aromatic N) is 5. The molecule has 1 aliphatic heterocycles. The number of hydrogen-bond donors (Lipinski definition) is 1. The Hall–Kier alpha value is -2.93. The number of anilines is 2. The second-order valence-electron chi connectivity index (χ2n) is 6.98. The third-order valence-electron chi connectivity index (χ3n) is 4.79. The largest absolute Gasteiger partial charge is 0.383 e. The summed E-state index contributed by atoms with van der Waals surface area (Å²) in [6.07, 6.45) is 3.72. The molecule has 3 aromatic rings. The van der Waals surface area contributed by atoms with E-state index < -0.39 is 0 Å². The molecule has 7 nitrogen and oxygen atoms in total. The molecule has 1 aliphatic rings. The van der Waals surface area contributed by atoms with Crippen molar-refractivity contribution in [1.82, 2.24) is 20.0 Å². The van der Waals surface area contributed by atoms with Crippen LogP contribution in [0.15, 0.2) is 42.7 Å². The maximum Gasteiger partial charge on any atom is 0.132 e. The van der Waals surface area contributed by atoms with Gasteiger partial charge in [0.2, 0.25) is 0 Å². The highest BCUT2D eigenvalue weighted by molar-refractivity contribution is 5.78. The van der Waals surface area contributed by atoms with Gasteiger partial charge in [0.05, 0.1) is 19.4 Å². The number of nitrogens with two attached hydrogens (primary N) is 1. The van der Waals surface area contributed by atoms with E-state index in [1.165, 1.54) is 5.69 Å². The maximum atomic E-state index is 6.12. The summed E-state index contributed by atoms with van der Waals surface area (Å²) in [6, 6.07) is 10.8. The van der Waals surface area contributed by atoms with E-state index in [0.29, 0.717) is 5.82 Å². The molecular weight excluding hydrogens is 340 g/mol. The van der Waals surface area contributed by atoms with E-state index in [2.05, 4.69) is 58.3 Å². The monoisotopic (exact) mass is 364 g/mol. The molecule has 0 aliphatic carbocycles. The standard InChI is InChI=1S/C20H24N6O/c1-14(2)26-13-19(23-24-26)18-11-16(12-22-20(18)21)15-4-3-5-17(10-15)25-6-8-27-9-7-25/h3-5,10-14H,6-9H2,1-2H3,(H2,21,22). The minimum Gasteiger partial charge on any atom is -0.383 e. The van der Waals surface area contributed by atoms with Crippen LogP contribution in [0, 0.1) is 0 Å². The van der Waals surface area contributed by atoms with Gasteiger partial charge in [-0.15, -0.1) is 5.10 Å². The molecule has 0 bridgehead atoms. The van der Waals surface area contributed by atoms with Crippen molar-refractivity contribution in [1.29, 1.82) is 0 Å². The van der Waals surface area contributed by atoms with Gasteiger partial charge in [0.1, 0.15) is 11.5 Å². The van der Waals surface area contributed by atoms with Gasteiger partial charge in [-0.2, -0.15) is 0 Å². The van der Waals surface area contributed by atoms with Crippen LogP contribution in [0.5, 0.6) is 0 Å². The second kappa shape index (κ2) is 7.36. The van der Waals surface area contributed by atoms with Crippen molar-refractivity contribution in [2.24, 2.45) is 0 Å². The Morgan fingerprint density at radius 2 is 1.93 bits per heavy atom. The fourth-order valence-corrected chi connectivity index (χ4v) is 3.19. The molecule has 7 heteroatoms. The van der Waals surface area contributed by atoms with E-state index in [9.17, 15) is 0 Å². The molecule has 0 spiro atoms. The molecule has 0 unspecified atom stereocenters. The van der Waals surface area contributed by atoms with Crippen LogP contribution in [0.1, 0.15) is 19.9 Å². The summed E-state index contributed by atoms with van der Waals surface area (Å²) in [7, 11) is 0. The highest BCUT2D eigenvalue weighted by Crippen LogP contribution is 2.30. The predicted octanol–water partition coefficient (Wildman–Crippen LogP) is 3.01. The second-order valence-corrected chi connectivity index (χ2v) is 6.98. The fourth-order valence-electron chi connectivity index (χ4n) is 3.19. The van der Waals surface area contributed by atoms with Crippen LogP contribution >= 0.6 is 0 Å². The molecular formula is C20H24N6O. The first-order valence-corrected chi connectivity index (χ1v) is 9.22. The van der Waals surface area contributed by atoms with Crippen molar-refractivity contribution in [3.05, 3.63) is 42.7 Å². The average Bonchev–Trinajstić information content (AvgIpc) is 3.19. The molecule has 27 heavy (non-hydrogen) atoms. The summed E-state index contributed by atoms with van der Waals surface area (Å²) in [6.45, 7) is 7.48. The zero-order chi connectivity index (χ0) is 18.8. The molecule has 2 aromatic heterocycles. The Bertz CT molecular complexity index is 930. The summed E-state index contributed by atoms with van der Waals surface area (Å²) in [5.74, 6) is 0.457. The summed E-state index contributed by atoms with van der Waals surface area (Å²) in [5.41, 5.74) is 11.0. The van der Waals surface area contributed by atoms with Gasteiger partial charge in [0, 0.05) is 42.1 Å². The van der Waals surface area contributed by atoms with E-state index in [4.69, 9.17) is 10.5 Å². The van der Waals surface area contributed by atoms with E-state index in [0.717, 1.165) is 48.7 Å². The van der Waals surface area contributed by atoms with Gasteiger partial charge < -0.3 is 15.4 Å². The van der Waals surface area contributed by atoms with Gasteiger partial charge in [-0.25, -0.2) is 9.67 Å². The average molecular weight is 364 g/mol. The Morgan fingerprint density at radius 1 is 1.11 bits per heavy atom. The van der Waals surface area contributed by atoms with Crippen LogP contribution in [0.4, 0.5) is 11.5 Å². The number of hydrogen-bond acceptors (Lipinski definition) is 6. The van der Waals surface area contributed by atoms with Gasteiger partial charge in [0.25, 0.3) is 0 Å². The summed E-state index contributed by atoms with van der Waals surface area (Å²) < 4.78 is 7.27. The lowest BCUT2D eigenvalue weighted by molar-refractivity contribution is 0.122. The van der Waals surface area contributed by atoms with Crippen molar-refractivity contribution in [3.63, 3.8) is 0 Å². The SMILES string of the molecule is CC(C)n1cc(-c2cc(-c3cccc(N4CCOCC4)c3)cnc2N)nn1. The molecule has 0 saturated carbocycles. The maximum absolute atomic E-state index is 6.12. The summed E-state index contributed by atoms with van der Waals surface area (Å²) in [4.78, 5) is 6.74. The summed E-state index contributed by atoms with van der Waals surface area (Å²) in [5, 5.41) is 8.44. The molecule has 4 rings (SSSR count). The lowest BCUT2D eigenvalue weighted by Gasteiger charge is -2.29. The zero-order valence-electron chi connectivity index (χ0n) is 15.7. The van der Waals surface area contributed by atoms with Crippen LogP contribution in [0.3, 0.4) is 0 Å². The van der Waals surface area contributed by atoms with E-state index in [1.807, 2.05) is 23.1 Å². The minimum atomic E-state index is 0.244. The Kier molecular flexibility index (Phi) is 4.77. The first kappa shape index (κ1) is 17.5. The quantitative estimate of drug-likeness (QED) is 0.766. The van der Waals surface area contributed by atoms with Crippen molar-refractivity contribution >= 4 is 11.5 Å². The van der Waals surface area contributed by atoms with E-state index in [-0.39, 0.29) is 6.04 Å². The van der Waals surface area contributed by atoms with Crippen molar-refractivity contribution < 1.29 is 4.74 Å². The van der Waals surface area contributed by atoms with Gasteiger partial charge in [-0.3, -0.25) is 0 Å². The van der Waals surface area contributed by atoms with Crippen molar-refractivity contribution in [2.45, 2.75) is 19.9 Å². The van der Waals surface area contributed by atoms with Crippen LogP contribution < -0.4 is 10.6 Å². The summed E-state index contributed by atoms with van der Waals surface area (Å²) >= 11 is 0. The topological polar surface area (TPSA) is 82.1 Å². The number of pyridine rings is 1. The molecule has 1 saturated heterocycles. The molecule has 0 radical (unpaired) electrons. The first-order chi connectivity index (χ1) is 13.1. The Labute approximate surface area is 158 Å². The third kappa shape index (κ3) is 3.64. The van der Waals surface area contributed by atoms with Crippen LogP contribution in [-0.2, 0) is 4.74 Å². The van der Waals surface area contributed by atoms with E-state index in [1.54, 1.807) is 0 Å². The molecule has 1 fully saturated rings. The molecule has 2 N–H and O–H groups in total. The van der Waals surface area contributed by atoms with Gasteiger partial charge in [-0.1, -0.05) is 17.3 Å². The van der Waals surface area contributed by atoms with Crippen molar-refractivity contribution in [3.8, 4) is 22.4 Å². The van der Waals surface area contributed by atoms with Gasteiger partial charge >= 0.3 is 0 Å². The molecule has 1 aromatic carbocycles. The van der Waals surface area contributed by atoms with Crippen LogP contribution in [0.2, 0.25) is 0 Å². The number of nitrogen functional groups attached to an aromatic ring is 1. The molecule has 0 atom stereocenters. The predicted molar refractivity (Wildman–Crippen MR) is 107 cm³/mol. The normalized spacial score (nSPS) is 14.7. The number of aromatic nitrogens is 4. The highest BCUT2D eigenvalue weighted by Gasteiger charge is 2.14. The zero-order valence-corrected chi connectivity index (χ0v) is 15.7. The Balaban J connectivity index is 1.68. The number of rotatable bonds is 4. The molecule has 3 heterocycles. The van der Waals surface area contributed by atoms with Gasteiger partial charge in [-0.05, 0) is 37.6 Å². The first-order valence-electron chi connectivity index (χ1n) is 9.22. The van der Waals surface area contributed by atoms with Crippen LogP contribution in [0.25, 0.3) is 22.4 Å².